The molecule has 0 spiro atoms. The van der Waals surface area contributed by atoms with E-state index in [2.05, 4.69) is 33.8 Å². The smallest absolute Gasteiger partial charge is 0.239 e. The van der Waals surface area contributed by atoms with Crippen LogP contribution in [0.5, 0.6) is 0 Å². The van der Waals surface area contributed by atoms with E-state index in [-0.39, 0.29) is 12.5 Å². The monoisotopic (exact) mass is 288 g/mol. The van der Waals surface area contributed by atoms with Crippen molar-refractivity contribution in [1.82, 2.24) is 15.3 Å². The van der Waals surface area contributed by atoms with Gasteiger partial charge in [-0.2, -0.15) is 0 Å². The molecule has 2 atom stereocenters. The van der Waals surface area contributed by atoms with Crippen LogP contribution in [0.15, 0.2) is 6.20 Å². The quantitative estimate of drug-likeness (QED) is 0.808. The van der Waals surface area contributed by atoms with Crippen LogP contribution in [0.25, 0.3) is 0 Å². The molecule has 1 amide bonds. The summed E-state index contributed by atoms with van der Waals surface area (Å²) in [6.45, 7) is 3.13. The summed E-state index contributed by atoms with van der Waals surface area (Å²) in [5.74, 6) is 0.313. The van der Waals surface area contributed by atoms with Crippen molar-refractivity contribution in [2.75, 3.05) is 24.5 Å². The Hall–Kier alpha value is -0.860. The van der Waals surface area contributed by atoms with Crippen molar-refractivity contribution in [2.45, 2.75) is 12.1 Å². The number of carbonyl (C=O) groups is 1. The molecule has 98 valence electrons. The van der Waals surface area contributed by atoms with Crippen molar-refractivity contribution >= 4 is 30.3 Å². The van der Waals surface area contributed by atoms with E-state index >= 15 is 0 Å². The van der Waals surface area contributed by atoms with Crippen LogP contribution in [0.2, 0.25) is 0 Å². The minimum absolute atomic E-state index is 0.0739. The topological polar surface area (TPSA) is 58.1 Å². The Bertz CT molecular complexity index is 477. The third-order valence-corrected chi connectivity index (χ3v) is 3.19. The zero-order valence-electron chi connectivity index (χ0n) is 9.98. The van der Waals surface area contributed by atoms with Gasteiger partial charge in [0.05, 0.1) is 12.2 Å². The lowest BCUT2D eigenvalue weighted by atomic mass is 10.2. The molecule has 2 heterocycles. The van der Waals surface area contributed by atoms with Crippen molar-refractivity contribution in [3.63, 3.8) is 0 Å². The summed E-state index contributed by atoms with van der Waals surface area (Å²) in [7, 11) is 4.18. The first-order valence-corrected chi connectivity index (χ1v) is 6.66. The number of carbonyl (C=O) groups excluding carboxylic acids is 1. The lowest BCUT2D eigenvalue weighted by Crippen LogP contribution is -2.48. The Kier molecular flexibility index (Phi) is 3.79. The number of nitrogens with one attached hydrogen (secondary N) is 1. The maximum Gasteiger partial charge on any atom is 0.239 e. The van der Waals surface area contributed by atoms with Crippen molar-refractivity contribution < 1.29 is 9.18 Å². The number of hydrogen-bond acceptors (Lipinski definition) is 4. The first-order chi connectivity index (χ1) is 8.38. The molecule has 1 aliphatic rings. The molecule has 0 saturated carbocycles. The molecule has 0 aliphatic carbocycles. The molecule has 0 bridgehead atoms. The molecular formula is C10H15FN4OP2. The number of nitrogens with zero attached hydrogens (tertiary/aromatic N) is 3. The van der Waals surface area contributed by atoms with E-state index in [1.165, 1.54) is 0 Å². The summed E-state index contributed by atoms with van der Waals surface area (Å²) in [6.07, 6.45) is 1.58. The molecule has 1 aromatic heterocycles. The highest BCUT2D eigenvalue weighted by Crippen LogP contribution is 2.40. The largest absolute Gasteiger partial charge is 0.353 e. The molecule has 18 heavy (non-hydrogen) atoms. The Morgan fingerprint density at radius 2 is 2.28 bits per heavy atom. The van der Waals surface area contributed by atoms with Gasteiger partial charge in [0, 0.05) is 19.3 Å². The number of hydrogen-bond donors (Lipinski definition) is 1. The van der Waals surface area contributed by atoms with Crippen LogP contribution in [-0.2, 0) is 9.95 Å². The van der Waals surface area contributed by atoms with Crippen molar-refractivity contribution in [1.29, 1.82) is 0 Å². The number of halogens is 1. The number of aryl methyl sites for hydroxylation is 1. The fourth-order valence-corrected chi connectivity index (χ4v) is 2.37. The third kappa shape index (κ3) is 2.93. The van der Waals surface area contributed by atoms with Crippen LogP contribution in [0, 0.1) is 6.92 Å². The average Bonchev–Trinajstić information content (AvgIpc) is 2.28. The highest BCUT2D eigenvalue weighted by molar-refractivity contribution is 7.38. The maximum atomic E-state index is 13.9. The van der Waals surface area contributed by atoms with E-state index in [1.54, 1.807) is 18.0 Å². The number of anilines is 1. The van der Waals surface area contributed by atoms with Crippen molar-refractivity contribution in [3.05, 3.63) is 17.5 Å². The summed E-state index contributed by atoms with van der Waals surface area (Å²) in [5, 5.41) is 1.04. The molecule has 1 N–H and O–H groups in total. The van der Waals surface area contributed by atoms with E-state index in [9.17, 15) is 9.18 Å². The molecule has 1 fully saturated rings. The van der Waals surface area contributed by atoms with Crippen LogP contribution in [-0.4, -0.2) is 35.5 Å². The summed E-state index contributed by atoms with van der Waals surface area (Å²) >= 11 is 0. The highest BCUT2D eigenvalue weighted by Gasteiger charge is 2.26. The predicted molar refractivity (Wildman–Crippen MR) is 74.2 cm³/mol. The Labute approximate surface area is 109 Å². The molecule has 8 heteroatoms. The van der Waals surface area contributed by atoms with E-state index in [4.69, 9.17) is 0 Å². The van der Waals surface area contributed by atoms with Gasteiger partial charge in [-0.1, -0.05) is 18.5 Å². The lowest BCUT2D eigenvalue weighted by Gasteiger charge is -2.27. The van der Waals surface area contributed by atoms with E-state index < -0.39 is 5.15 Å². The maximum absolute atomic E-state index is 13.9. The van der Waals surface area contributed by atoms with Gasteiger partial charge in [0.2, 0.25) is 11.9 Å². The van der Waals surface area contributed by atoms with Gasteiger partial charge in [-0.25, -0.2) is 14.4 Å². The van der Waals surface area contributed by atoms with Crippen LogP contribution >= 0.6 is 18.5 Å². The summed E-state index contributed by atoms with van der Waals surface area (Å²) in [5.41, 5.74) is 0.973. The number of amides is 1. The standard InChI is InChI=1S/C10H15FN4OP2/c1-6-4-13-9(14-8(6)10(11,17)18)15-3-2-12-7(16)5-15/h4H,2-3,5,17-18H2,1H3,(H,12,16). The zero-order valence-corrected chi connectivity index (χ0v) is 12.3. The number of alkyl halides is 1. The van der Waals surface area contributed by atoms with Gasteiger partial charge < -0.3 is 10.2 Å². The molecule has 1 aromatic rings. The fourth-order valence-electron chi connectivity index (χ4n) is 1.78. The molecule has 1 saturated heterocycles. The fraction of sp³-hybridized carbons (Fsp3) is 0.500. The lowest BCUT2D eigenvalue weighted by molar-refractivity contribution is -0.120. The summed E-state index contributed by atoms with van der Waals surface area (Å²) in [4.78, 5) is 21.4. The SMILES string of the molecule is Cc1cnc(N2CCNC(=O)C2)nc1C(F)(P)P. The normalized spacial score (nSPS) is 16.7. The second kappa shape index (κ2) is 5.02. The molecule has 0 aromatic carbocycles. The van der Waals surface area contributed by atoms with Gasteiger partial charge in [0.15, 0.2) is 5.15 Å². The summed E-state index contributed by atoms with van der Waals surface area (Å²) < 4.78 is 13.9. The number of piperazine rings is 1. The van der Waals surface area contributed by atoms with Gasteiger partial charge in [-0.05, 0) is 12.5 Å². The molecule has 2 unspecified atom stereocenters. The highest BCUT2D eigenvalue weighted by atomic mass is 31.1. The zero-order chi connectivity index (χ0) is 13.3. The molecule has 0 radical (unpaired) electrons. The Morgan fingerprint density at radius 3 is 2.89 bits per heavy atom. The van der Waals surface area contributed by atoms with E-state index in [0.29, 0.717) is 30.3 Å². The second-order valence-corrected chi connectivity index (χ2v) is 6.59. The van der Waals surface area contributed by atoms with E-state index in [1.807, 2.05) is 0 Å². The number of aromatic nitrogens is 2. The first kappa shape index (κ1) is 13.6. The van der Waals surface area contributed by atoms with Gasteiger partial charge in [0.1, 0.15) is 0 Å². The molecular weight excluding hydrogens is 273 g/mol. The molecule has 1 aliphatic heterocycles. The van der Waals surface area contributed by atoms with Crippen LogP contribution in [0.1, 0.15) is 11.3 Å². The van der Waals surface area contributed by atoms with Gasteiger partial charge in [-0.15, -0.1) is 0 Å². The Morgan fingerprint density at radius 1 is 1.56 bits per heavy atom. The number of rotatable bonds is 2. The van der Waals surface area contributed by atoms with Crippen molar-refractivity contribution in [2.24, 2.45) is 0 Å². The van der Waals surface area contributed by atoms with Crippen LogP contribution in [0.4, 0.5) is 10.3 Å². The average molecular weight is 288 g/mol. The van der Waals surface area contributed by atoms with Gasteiger partial charge >= 0.3 is 0 Å². The molecule has 2 rings (SSSR count). The minimum Gasteiger partial charge on any atom is -0.353 e. The van der Waals surface area contributed by atoms with Crippen LogP contribution < -0.4 is 10.2 Å². The molecule has 5 nitrogen and oxygen atoms in total. The van der Waals surface area contributed by atoms with E-state index in [0.717, 1.165) is 0 Å². The first-order valence-electron chi connectivity index (χ1n) is 5.50. The second-order valence-electron chi connectivity index (χ2n) is 4.24. The van der Waals surface area contributed by atoms with Crippen molar-refractivity contribution in [3.8, 4) is 0 Å². The van der Waals surface area contributed by atoms with Gasteiger partial charge in [0.25, 0.3) is 0 Å². The third-order valence-electron chi connectivity index (χ3n) is 2.64. The van der Waals surface area contributed by atoms with Gasteiger partial charge in [-0.3, -0.25) is 4.79 Å². The summed E-state index contributed by atoms with van der Waals surface area (Å²) in [6, 6.07) is 0. The minimum atomic E-state index is -1.68. The van der Waals surface area contributed by atoms with Crippen LogP contribution in [0.3, 0.4) is 0 Å². The Balaban J connectivity index is 2.32. The predicted octanol–water partition coefficient (Wildman–Crippen LogP) is 0.551.